The zero-order valence-corrected chi connectivity index (χ0v) is 12.3. The molecule has 20 heavy (non-hydrogen) atoms. The van der Waals surface area contributed by atoms with Crippen LogP contribution in [0.15, 0.2) is 30.3 Å². The van der Waals surface area contributed by atoms with Crippen LogP contribution in [0.4, 0.5) is 0 Å². The van der Waals surface area contributed by atoms with Gasteiger partial charge >= 0.3 is 0 Å². The molecule has 1 aromatic rings. The van der Waals surface area contributed by atoms with Crippen molar-refractivity contribution >= 4 is 5.91 Å². The van der Waals surface area contributed by atoms with E-state index in [4.69, 9.17) is 0 Å². The van der Waals surface area contributed by atoms with E-state index in [1.807, 2.05) is 35.2 Å². The van der Waals surface area contributed by atoms with Crippen LogP contribution < -0.4 is 0 Å². The van der Waals surface area contributed by atoms with Crippen molar-refractivity contribution in [3.05, 3.63) is 35.9 Å². The number of carbonyl (C=O) groups is 1. The first-order valence-electron chi connectivity index (χ1n) is 7.64. The second-order valence-electron chi connectivity index (χ2n) is 5.94. The van der Waals surface area contributed by atoms with Gasteiger partial charge in [-0.3, -0.25) is 4.79 Å². The van der Waals surface area contributed by atoms with Crippen LogP contribution in [0.1, 0.15) is 38.2 Å². The van der Waals surface area contributed by atoms with Gasteiger partial charge in [0, 0.05) is 19.0 Å². The summed E-state index contributed by atoms with van der Waals surface area (Å²) in [6.07, 6.45) is 4.38. The number of carbonyl (C=O) groups excluding carboxylic acids is 1. The molecule has 2 unspecified atom stereocenters. The fourth-order valence-corrected chi connectivity index (χ4v) is 3.11. The van der Waals surface area contributed by atoms with Gasteiger partial charge in [0.15, 0.2) is 0 Å². The highest BCUT2D eigenvalue weighted by Crippen LogP contribution is 2.30. The molecule has 0 aromatic heterocycles. The number of hydrogen-bond donors (Lipinski definition) is 1. The largest absolute Gasteiger partial charge is 0.395 e. The molecule has 1 saturated carbocycles. The molecule has 0 radical (unpaired) electrons. The molecule has 1 aliphatic carbocycles. The summed E-state index contributed by atoms with van der Waals surface area (Å²) in [7, 11) is 0. The monoisotopic (exact) mass is 275 g/mol. The first-order chi connectivity index (χ1) is 9.70. The fourth-order valence-electron chi connectivity index (χ4n) is 3.11. The Bertz CT molecular complexity index is 418. The summed E-state index contributed by atoms with van der Waals surface area (Å²) in [6.45, 7) is 3.29. The van der Waals surface area contributed by atoms with E-state index in [2.05, 4.69) is 6.92 Å². The number of hydrogen-bond acceptors (Lipinski definition) is 2. The molecule has 0 bridgehead atoms. The Labute approximate surface area is 121 Å². The first-order valence-corrected chi connectivity index (χ1v) is 7.64. The van der Waals surface area contributed by atoms with Crippen molar-refractivity contribution in [3.8, 4) is 0 Å². The van der Waals surface area contributed by atoms with E-state index in [9.17, 15) is 9.90 Å². The number of benzene rings is 1. The van der Waals surface area contributed by atoms with Gasteiger partial charge in [-0.1, -0.05) is 50.1 Å². The van der Waals surface area contributed by atoms with Crippen LogP contribution in [-0.2, 0) is 11.3 Å². The maximum Gasteiger partial charge on any atom is 0.226 e. The topological polar surface area (TPSA) is 40.5 Å². The van der Waals surface area contributed by atoms with Gasteiger partial charge in [-0.2, -0.15) is 0 Å². The minimum atomic E-state index is 0.0286. The van der Waals surface area contributed by atoms with Crippen LogP contribution in [0.3, 0.4) is 0 Å². The maximum atomic E-state index is 12.7. The summed E-state index contributed by atoms with van der Waals surface area (Å²) in [6, 6.07) is 10.0. The third-order valence-electron chi connectivity index (χ3n) is 4.18. The van der Waals surface area contributed by atoms with Gasteiger partial charge in [-0.25, -0.2) is 0 Å². The number of nitrogens with zero attached hydrogens (tertiary/aromatic N) is 1. The Morgan fingerprint density at radius 1 is 1.30 bits per heavy atom. The van der Waals surface area contributed by atoms with Crippen molar-refractivity contribution in [2.45, 2.75) is 39.2 Å². The molecule has 0 saturated heterocycles. The summed E-state index contributed by atoms with van der Waals surface area (Å²) in [4.78, 5) is 14.5. The summed E-state index contributed by atoms with van der Waals surface area (Å²) in [5, 5.41) is 9.22. The Balaban J connectivity index is 2.01. The predicted molar refractivity (Wildman–Crippen MR) is 80.1 cm³/mol. The zero-order chi connectivity index (χ0) is 14.4. The molecule has 0 heterocycles. The average molecular weight is 275 g/mol. The minimum Gasteiger partial charge on any atom is -0.395 e. The Kier molecular flexibility index (Phi) is 5.60. The van der Waals surface area contributed by atoms with E-state index < -0.39 is 0 Å². The number of aliphatic hydroxyl groups is 1. The van der Waals surface area contributed by atoms with Crippen LogP contribution in [0.2, 0.25) is 0 Å². The molecule has 2 rings (SSSR count). The Morgan fingerprint density at radius 2 is 2.05 bits per heavy atom. The molecular weight excluding hydrogens is 250 g/mol. The van der Waals surface area contributed by atoms with Crippen LogP contribution in [0, 0.1) is 11.8 Å². The van der Waals surface area contributed by atoms with E-state index in [0.717, 1.165) is 24.8 Å². The second-order valence-corrected chi connectivity index (χ2v) is 5.94. The standard InChI is InChI=1S/C17H25NO2/c1-14-6-5-9-16(12-14)17(20)18(10-11-19)13-15-7-3-2-4-8-15/h2-4,7-8,14,16,19H,5-6,9-13H2,1H3. The zero-order valence-electron chi connectivity index (χ0n) is 12.3. The van der Waals surface area contributed by atoms with Gasteiger partial charge in [-0.05, 0) is 24.3 Å². The maximum absolute atomic E-state index is 12.7. The lowest BCUT2D eigenvalue weighted by Crippen LogP contribution is -2.39. The molecule has 2 atom stereocenters. The van der Waals surface area contributed by atoms with E-state index in [1.54, 1.807) is 0 Å². The molecule has 1 fully saturated rings. The van der Waals surface area contributed by atoms with Crippen molar-refractivity contribution < 1.29 is 9.90 Å². The quantitative estimate of drug-likeness (QED) is 0.897. The highest BCUT2D eigenvalue weighted by Gasteiger charge is 2.28. The van der Waals surface area contributed by atoms with Crippen molar-refractivity contribution in [2.24, 2.45) is 11.8 Å². The third-order valence-corrected chi connectivity index (χ3v) is 4.18. The lowest BCUT2D eigenvalue weighted by Gasteiger charge is -2.31. The second kappa shape index (κ2) is 7.44. The van der Waals surface area contributed by atoms with Gasteiger partial charge in [0.2, 0.25) is 5.91 Å². The molecule has 0 aliphatic heterocycles. The minimum absolute atomic E-state index is 0.0286. The van der Waals surface area contributed by atoms with Gasteiger partial charge in [0.05, 0.1) is 6.61 Å². The highest BCUT2D eigenvalue weighted by atomic mass is 16.3. The van der Waals surface area contributed by atoms with Crippen LogP contribution in [-0.4, -0.2) is 29.1 Å². The average Bonchev–Trinajstić information content (AvgIpc) is 2.47. The van der Waals surface area contributed by atoms with E-state index in [-0.39, 0.29) is 18.4 Å². The Hall–Kier alpha value is -1.35. The smallest absolute Gasteiger partial charge is 0.226 e. The number of aliphatic hydroxyl groups excluding tert-OH is 1. The van der Waals surface area contributed by atoms with E-state index >= 15 is 0 Å². The highest BCUT2D eigenvalue weighted by molar-refractivity contribution is 5.79. The molecule has 3 nitrogen and oxygen atoms in total. The summed E-state index contributed by atoms with van der Waals surface area (Å²) in [5.74, 6) is 1.01. The normalized spacial score (nSPS) is 22.5. The van der Waals surface area contributed by atoms with Crippen LogP contribution in [0.5, 0.6) is 0 Å². The molecular formula is C17H25NO2. The van der Waals surface area contributed by atoms with Crippen molar-refractivity contribution in [2.75, 3.05) is 13.2 Å². The van der Waals surface area contributed by atoms with E-state index in [0.29, 0.717) is 19.0 Å². The van der Waals surface area contributed by atoms with E-state index in [1.165, 1.54) is 6.42 Å². The molecule has 1 aromatic carbocycles. The molecule has 1 amide bonds. The first kappa shape index (κ1) is 15.0. The van der Waals surface area contributed by atoms with Crippen molar-refractivity contribution in [1.29, 1.82) is 0 Å². The molecule has 1 aliphatic rings. The molecule has 1 N–H and O–H groups in total. The lowest BCUT2D eigenvalue weighted by molar-refractivity contribution is -0.138. The molecule has 0 spiro atoms. The summed E-state index contributed by atoms with van der Waals surface area (Å²) >= 11 is 0. The van der Waals surface area contributed by atoms with Crippen molar-refractivity contribution in [3.63, 3.8) is 0 Å². The number of amides is 1. The number of rotatable bonds is 5. The van der Waals surface area contributed by atoms with Gasteiger partial charge in [0.25, 0.3) is 0 Å². The van der Waals surface area contributed by atoms with Gasteiger partial charge in [-0.15, -0.1) is 0 Å². The third kappa shape index (κ3) is 4.07. The van der Waals surface area contributed by atoms with Crippen LogP contribution >= 0.6 is 0 Å². The van der Waals surface area contributed by atoms with Gasteiger partial charge in [0.1, 0.15) is 0 Å². The Morgan fingerprint density at radius 3 is 2.70 bits per heavy atom. The fraction of sp³-hybridized carbons (Fsp3) is 0.588. The van der Waals surface area contributed by atoms with Crippen LogP contribution in [0.25, 0.3) is 0 Å². The predicted octanol–water partition coefficient (Wildman–Crippen LogP) is 2.83. The molecule has 110 valence electrons. The lowest BCUT2D eigenvalue weighted by atomic mass is 9.81. The molecule has 3 heteroatoms. The van der Waals surface area contributed by atoms with Gasteiger partial charge < -0.3 is 10.0 Å². The summed E-state index contributed by atoms with van der Waals surface area (Å²) in [5.41, 5.74) is 1.12. The SMILES string of the molecule is CC1CCCC(C(=O)N(CCO)Cc2ccccc2)C1. The van der Waals surface area contributed by atoms with Crippen molar-refractivity contribution in [1.82, 2.24) is 4.90 Å². The summed E-state index contributed by atoms with van der Waals surface area (Å²) < 4.78 is 0.